The molecule has 150 valence electrons. The smallest absolute Gasteiger partial charge is 0.352 e. The fourth-order valence-electron chi connectivity index (χ4n) is 4.26. The quantitative estimate of drug-likeness (QED) is 0.820. The molecule has 3 heterocycles. The van der Waals surface area contributed by atoms with Gasteiger partial charge in [-0.1, -0.05) is 12.1 Å². The predicted octanol–water partition coefficient (Wildman–Crippen LogP) is 3.43. The number of halogens is 3. The van der Waals surface area contributed by atoms with Crippen LogP contribution in [0, 0.1) is 5.92 Å². The molecule has 2 N–H and O–H groups in total. The van der Waals surface area contributed by atoms with Gasteiger partial charge in [-0.05, 0) is 55.4 Å². The molecule has 2 unspecified atom stereocenters. The molecule has 0 spiro atoms. The van der Waals surface area contributed by atoms with Crippen molar-refractivity contribution in [2.24, 2.45) is 5.92 Å². The third-order valence-electron chi connectivity index (χ3n) is 5.61. The van der Waals surface area contributed by atoms with Gasteiger partial charge in [-0.3, -0.25) is 4.79 Å². The highest BCUT2D eigenvalue weighted by atomic mass is 19.4. The molecule has 8 heteroatoms. The summed E-state index contributed by atoms with van der Waals surface area (Å²) in [5.41, 5.74) is 0.511. The van der Waals surface area contributed by atoms with Crippen molar-refractivity contribution in [2.45, 2.75) is 56.9 Å². The molecule has 4 rings (SSSR count). The molecule has 2 aliphatic rings. The van der Waals surface area contributed by atoms with E-state index in [0.717, 1.165) is 24.5 Å². The molecule has 0 saturated carbocycles. The number of amides is 1. The minimum absolute atomic E-state index is 0.0530. The van der Waals surface area contributed by atoms with Gasteiger partial charge in [0.15, 0.2) is 5.69 Å². The van der Waals surface area contributed by atoms with Gasteiger partial charge >= 0.3 is 6.18 Å². The van der Waals surface area contributed by atoms with E-state index >= 15 is 0 Å². The number of nitrogens with one attached hydrogen (secondary N) is 2. The Labute approximate surface area is 161 Å². The van der Waals surface area contributed by atoms with Crippen LogP contribution in [-0.2, 0) is 17.5 Å². The number of hydrogen-bond acceptors (Lipinski definition) is 3. The second-order valence-electron chi connectivity index (χ2n) is 7.77. The second-order valence-corrected chi connectivity index (χ2v) is 7.77. The maximum absolute atomic E-state index is 12.7. The van der Waals surface area contributed by atoms with Crippen LogP contribution in [0.25, 0.3) is 5.69 Å². The van der Waals surface area contributed by atoms with Crippen LogP contribution in [0.1, 0.15) is 43.4 Å². The van der Waals surface area contributed by atoms with Crippen molar-refractivity contribution in [3.8, 4) is 5.69 Å². The first-order valence-electron chi connectivity index (χ1n) is 9.62. The first kappa shape index (κ1) is 19.0. The summed E-state index contributed by atoms with van der Waals surface area (Å²) < 4.78 is 39.1. The van der Waals surface area contributed by atoms with Crippen LogP contribution in [0.5, 0.6) is 0 Å². The standard InChI is InChI=1S/C20H23F3N4O/c21-20(22,23)18-7-8-27(26-18)17-5-1-13(2-6-17)12-24-19(28)11-14-9-15-3-4-16(10-14)25-15/h1-2,5-8,14-16,25H,3-4,9-12H2,(H,24,28). The first-order valence-corrected chi connectivity index (χ1v) is 9.62. The molecule has 2 aliphatic heterocycles. The average Bonchev–Trinajstić information content (AvgIpc) is 3.27. The van der Waals surface area contributed by atoms with Crippen molar-refractivity contribution < 1.29 is 18.0 Å². The van der Waals surface area contributed by atoms with Gasteiger partial charge < -0.3 is 10.6 Å². The summed E-state index contributed by atoms with van der Waals surface area (Å²) in [6, 6.07) is 9.05. The van der Waals surface area contributed by atoms with Crippen LogP contribution in [0.3, 0.4) is 0 Å². The molecular formula is C20H23F3N4O. The normalized spacial score (nSPS) is 24.3. The molecule has 0 radical (unpaired) electrons. The van der Waals surface area contributed by atoms with Crippen molar-refractivity contribution >= 4 is 5.91 Å². The Morgan fingerprint density at radius 3 is 2.43 bits per heavy atom. The van der Waals surface area contributed by atoms with Gasteiger partial charge in [0.05, 0.1) is 5.69 Å². The fourth-order valence-corrected chi connectivity index (χ4v) is 4.26. The van der Waals surface area contributed by atoms with Gasteiger partial charge in [0.1, 0.15) is 0 Å². The highest BCUT2D eigenvalue weighted by molar-refractivity contribution is 5.76. The van der Waals surface area contributed by atoms with E-state index in [1.165, 1.54) is 23.7 Å². The van der Waals surface area contributed by atoms with E-state index in [1.54, 1.807) is 24.3 Å². The van der Waals surface area contributed by atoms with Crippen LogP contribution < -0.4 is 10.6 Å². The van der Waals surface area contributed by atoms with Gasteiger partial charge in [-0.15, -0.1) is 0 Å². The minimum atomic E-state index is -4.45. The van der Waals surface area contributed by atoms with Gasteiger partial charge in [-0.2, -0.15) is 18.3 Å². The highest BCUT2D eigenvalue weighted by Gasteiger charge is 2.34. The molecule has 2 aromatic rings. The van der Waals surface area contributed by atoms with Crippen molar-refractivity contribution in [3.63, 3.8) is 0 Å². The molecule has 2 bridgehead atoms. The first-order chi connectivity index (χ1) is 13.4. The van der Waals surface area contributed by atoms with Crippen molar-refractivity contribution in [3.05, 3.63) is 47.8 Å². The molecule has 5 nitrogen and oxygen atoms in total. The summed E-state index contributed by atoms with van der Waals surface area (Å²) in [5, 5.41) is 10.1. The number of alkyl halides is 3. The molecule has 1 aromatic carbocycles. The lowest BCUT2D eigenvalue weighted by molar-refractivity contribution is -0.141. The zero-order valence-electron chi connectivity index (χ0n) is 15.4. The molecule has 0 aliphatic carbocycles. The average molecular weight is 392 g/mol. The van der Waals surface area contributed by atoms with Crippen molar-refractivity contribution in [1.29, 1.82) is 0 Å². The fraction of sp³-hybridized carbons (Fsp3) is 0.500. The van der Waals surface area contributed by atoms with Crippen LogP contribution in [0.4, 0.5) is 13.2 Å². The number of aromatic nitrogens is 2. The minimum Gasteiger partial charge on any atom is -0.352 e. The Bertz CT molecular complexity index is 819. The monoisotopic (exact) mass is 392 g/mol. The molecule has 2 saturated heterocycles. The maximum Gasteiger partial charge on any atom is 0.435 e. The number of carbonyl (C=O) groups is 1. The Kier molecular flexibility index (Phi) is 5.14. The van der Waals surface area contributed by atoms with Gasteiger partial charge in [0, 0.05) is 31.2 Å². The number of benzene rings is 1. The molecule has 2 atom stereocenters. The van der Waals surface area contributed by atoms with E-state index in [9.17, 15) is 18.0 Å². The Hall–Kier alpha value is -2.35. The zero-order chi connectivity index (χ0) is 19.7. The number of nitrogens with zero attached hydrogens (tertiary/aromatic N) is 2. The van der Waals surface area contributed by atoms with Gasteiger partial charge in [0.2, 0.25) is 5.91 Å². The highest BCUT2D eigenvalue weighted by Crippen LogP contribution is 2.32. The number of rotatable bonds is 5. The molecule has 1 amide bonds. The predicted molar refractivity (Wildman–Crippen MR) is 97.7 cm³/mol. The van der Waals surface area contributed by atoms with E-state index in [4.69, 9.17) is 0 Å². The lowest BCUT2D eigenvalue weighted by atomic mass is 9.89. The lowest BCUT2D eigenvalue weighted by Crippen LogP contribution is -2.39. The van der Waals surface area contributed by atoms with Gasteiger partial charge in [0.25, 0.3) is 0 Å². The van der Waals surface area contributed by atoms with E-state index in [0.29, 0.717) is 36.7 Å². The molecule has 1 aromatic heterocycles. The maximum atomic E-state index is 12.7. The van der Waals surface area contributed by atoms with E-state index in [1.807, 2.05) is 0 Å². The van der Waals surface area contributed by atoms with Crippen LogP contribution in [0.2, 0.25) is 0 Å². The summed E-state index contributed by atoms with van der Waals surface area (Å²) in [7, 11) is 0. The largest absolute Gasteiger partial charge is 0.435 e. The lowest BCUT2D eigenvalue weighted by Gasteiger charge is -2.28. The van der Waals surface area contributed by atoms with E-state index < -0.39 is 11.9 Å². The summed E-state index contributed by atoms with van der Waals surface area (Å²) in [4.78, 5) is 12.3. The van der Waals surface area contributed by atoms with Gasteiger partial charge in [-0.25, -0.2) is 4.68 Å². The van der Waals surface area contributed by atoms with Crippen LogP contribution in [0.15, 0.2) is 36.5 Å². The van der Waals surface area contributed by atoms with E-state index in [-0.39, 0.29) is 5.91 Å². The van der Waals surface area contributed by atoms with Crippen LogP contribution >= 0.6 is 0 Å². The number of fused-ring (bicyclic) bond motifs is 2. The number of hydrogen-bond donors (Lipinski definition) is 2. The molecule has 2 fully saturated rings. The SMILES string of the molecule is O=C(CC1CC2CCC(C1)N2)NCc1ccc(-n2ccc(C(F)(F)F)n2)cc1. The summed E-state index contributed by atoms with van der Waals surface area (Å²) in [6.45, 7) is 0.407. The third-order valence-corrected chi connectivity index (χ3v) is 5.61. The Balaban J connectivity index is 1.28. The number of piperidine rings is 1. The molecule has 28 heavy (non-hydrogen) atoms. The summed E-state index contributed by atoms with van der Waals surface area (Å²) >= 11 is 0. The number of carbonyl (C=O) groups excluding carboxylic acids is 1. The topological polar surface area (TPSA) is 59.0 Å². The Morgan fingerprint density at radius 2 is 1.82 bits per heavy atom. The second kappa shape index (κ2) is 7.58. The van der Waals surface area contributed by atoms with Crippen LogP contribution in [-0.4, -0.2) is 27.8 Å². The Morgan fingerprint density at radius 1 is 1.14 bits per heavy atom. The zero-order valence-corrected chi connectivity index (χ0v) is 15.4. The van der Waals surface area contributed by atoms with Crippen molar-refractivity contribution in [2.75, 3.05) is 0 Å². The molecular weight excluding hydrogens is 369 g/mol. The summed E-state index contributed by atoms with van der Waals surface area (Å²) in [5.74, 6) is 0.501. The van der Waals surface area contributed by atoms with E-state index in [2.05, 4.69) is 15.7 Å². The summed E-state index contributed by atoms with van der Waals surface area (Å²) in [6.07, 6.45) is 1.96. The van der Waals surface area contributed by atoms with Crippen molar-refractivity contribution in [1.82, 2.24) is 20.4 Å². The third kappa shape index (κ3) is 4.38.